The summed E-state index contributed by atoms with van der Waals surface area (Å²) in [4.78, 5) is 19.3. The average Bonchev–Trinajstić information content (AvgIpc) is 2.91. The molecule has 0 spiro atoms. The number of para-hydroxylation sites is 3. The van der Waals surface area contributed by atoms with Crippen molar-refractivity contribution in [2.75, 3.05) is 12.4 Å². The predicted molar refractivity (Wildman–Crippen MR) is 79.6 cm³/mol. The van der Waals surface area contributed by atoms with Gasteiger partial charge in [0.15, 0.2) is 0 Å². The lowest BCUT2D eigenvalue weighted by molar-refractivity contribution is 0.254. The van der Waals surface area contributed by atoms with Crippen molar-refractivity contribution in [2.24, 2.45) is 0 Å². The second-order valence-electron chi connectivity index (χ2n) is 4.35. The number of carbonyl (C=O) groups excluding carboxylic acids is 1. The third-order valence-electron chi connectivity index (χ3n) is 3.05. The normalized spacial score (nSPS) is 10.4. The van der Waals surface area contributed by atoms with Gasteiger partial charge in [-0.2, -0.15) is 0 Å². The molecule has 0 aliphatic heterocycles. The Labute approximate surface area is 116 Å². The first-order chi connectivity index (χ1) is 9.78. The van der Waals surface area contributed by atoms with Crippen molar-refractivity contribution in [2.45, 2.75) is 0 Å². The molecule has 0 atom stereocenters. The number of nitrogens with one attached hydrogen (secondary N) is 3. The number of aromatic amines is 1. The van der Waals surface area contributed by atoms with Gasteiger partial charge in [0.1, 0.15) is 5.82 Å². The molecule has 2 aromatic carbocycles. The number of aromatic nitrogens is 2. The molecule has 0 saturated heterocycles. The lowest BCUT2D eigenvalue weighted by Gasteiger charge is -2.08. The molecule has 5 heteroatoms. The van der Waals surface area contributed by atoms with Gasteiger partial charge >= 0.3 is 6.03 Å². The maximum Gasteiger partial charge on any atom is 0.318 e. The van der Waals surface area contributed by atoms with Crippen molar-refractivity contribution in [1.82, 2.24) is 15.3 Å². The van der Waals surface area contributed by atoms with Gasteiger partial charge in [-0.3, -0.25) is 0 Å². The average molecular weight is 266 g/mol. The summed E-state index contributed by atoms with van der Waals surface area (Å²) >= 11 is 0. The molecule has 2 amide bonds. The quantitative estimate of drug-likeness (QED) is 0.667. The molecule has 5 nitrogen and oxygen atoms in total. The number of fused-ring (bicyclic) bond motifs is 1. The smallest absolute Gasteiger partial charge is 0.318 e. The zero-order valence-electron chi connectivity index (χ0n) is 11.0. The minimum Gasteiger partial charge on any atom is -0.341 e. The Morgan fingerprint density at radius 1 is 1.10 bits per heavy atom. The highest BCUT2D eigenvalue weighted by molar-refractivity contribution is 5.94. The van der Waals surface area contributed by atoms with Crippen LogP contribution in [0, 0.1) is 0 Å². The largest absolute Gasteiger partial charge is 0.341 e. The highest BCUT2D eigenvalue weighted by Crippen LogP contribution is 2.27. The van der Waals surface area contributed by atoms with Gasteiger partial charge in [-0.1, -0.05) is 24.3 Å². The molecule has 0 saturated carbocycles. The van der Waals surface area contributed by atoms with E-state index in [1.54, 1.807) is 7.05 Å². The monoisotopic (exact) mass is 266 g/mol. The van der Waals surface area contributed by atoms with E-state index in [-0.39, 0.29) is 6.03 Å². The van der Waals surface area contributed by atoms with Gasteiger partial charge in [-0.25, -0.2) is 9.78 Å². The summed E-state index contributed by atoms with van der Waals surface area (Å²) in [5.41, 5.74) is 3.44. The van der Waals surface area contributed by atoms with E-state index in [0.29, 0.717) is 5.69 Å². The van der Waals surface area contributed by atoms with Gasteiger partial charge in [0.05, 0.1) is 16.7 Å². The lowest BCUT2D eigenvalue weighted by atomic mass is 10.1. The van der Waals surface area contributed by atoms with Gasteiger partial charge in [0, 0.05) is 12.6 Å². The number of H-pyrrole nitrogens is 1. The summed E-state index contributed by atoms with van der Waals surface area (Å²) in [6.45, 7) is 0. The summed E-state index contributed by atoms with van der Waals surface area (Å²) < 4.78 is 0. The molecule has 0 unspecified atom stereocenters. The highest BCUT2D eigenvalue weighted by Gasteiger charge is 2.10. The van der Waals surface area contributed by atoms with Gasteiger partial charge in [0.2, 0.25) is 0 Å². The molecule has 3 N–H and O–H groups in total. The van der Waals surface area contributed by atoms with Crippen LogP contribution in [0.25, 0.3) is 22.4 Å². The molecule has 0 aliphatic rings. The number of anilines is 1. The molecule has 0 aliphatic carbocycles. The van der Waals surface area contributed by atoms with E-state index in [1.807, 2.05) is 48.5 Å². The zero-order chi connectivity index (χ0) is 13.9. The predicted octanol–water partition coefficient (Wildman–Crippen LogP) is 2.98. The van der Waals surface area contributed by atoms with Crippen LogP contribution in [0.5, 0.6) is 0 Å². The molecule has 3 aromatic rings. The summed E-state index contributed by atoms with van der Waals surface area (Å²) in [7, 11) is 1.58. The van der Waals surface area contributed by atoms with E-state index < -0.39 is 0 Å². The number of hydrogen-bond donors (Lipinski definition) is 3. The fourth-order valence-electron chi connectivity index (χ4n) is 2.06. The van der Waals surface area contributed by atoms with Crippen LogP contribution >= 0.6 is 0 Å². The Morgan fingerprint density at radius 3 is 2.65 bits per heavy atom. The summed E-state index contributed by atoms with van der Waals surface area (Å²) in [6, 6.07) is 15.1. The van der Waals surface area contributed by atoms with Crippen LogP contribution in [0.3, 0.4) is 0 Å². The number of amides is 2. The van der Waals surface area contributed by atoms with Crippen molar-refractivity contribution < 1.29 is 4.79 Å². The first kappa shape index (κ1) is 12.2. The Hall–Kier alpha value is -2.82. The number of urea groups is 1. The minimum absolute atomic E-state index is 0.256. The maximum absolute atomic E-state index is 11.5. The van der Waals surface area contributed by atoms with Crippen molar-refractivity contribution in [3.8, 4) is 11.4 Å². The summed E-state index contributed by atoms with van der Waals surface area (Å²) in [5, 5.41) is 5.33. The Kier molecular flexibility index (Phi) is 3.09. The second-order valence-corrected chi connectivity index (χ2v) is 4.35. The molecular formula is C15H14N4O. The molecule has 1 aromatic heterocycles. The van der Waals surface area contributed by atoms with Gasteiger partial charge in [-0.05, 0) is 24.3 Å². The van der Waals surface area contributed by atoms with Gasteiger partial charge in [0.25, 0.3) is 0 Å². The van der Waals surface area contributed by atoms with Crippen molar-refractivity contribution >= 4 is 22.8 Å². The van der Waals surface area contributed by atoms with E-state index in [1.165, 1.54) is 0 Å². The number of imidazole rings is 1. The van der Waals surface area contributed by atoms with Gasteiger partial charge < -0.3 is 15.6 Å². The molecule has 1 heterocycles. The van der Waals surface area contributed by atoms with E-state index >= 15 is 0 Å². The molecule has 100 valence electrons. The van der Waals surface area contributed by atoms with E-state index in [0.717, 1.165) is 22.4 Å². The lowest BCUT2D eigenvalue weighted by Crippen LogP contribution is -2.24. The van der Waals surface area contributed by atoms with Crippen LogP contribution in [0.1, 0.15) is 0 Å². The Morgan fingerprint density at radius 2 is 1.85 bits per heavy atom. The molecular weight excluding hydrogens is 252 g/mol. The number of carbonyl (C=O) groups is 1. The van der Waals surface area contributed by atoms with E-state index in [4.69, 9.17) is 0 Å². The van der Waals surface area contributed by atoms with Crippen LogP contribution in [0.2, 0.25) is 0 Å². The van der Waals surface area contributed by atoms with Crippen molar-refractivity contribution in [3.05, 3.63) is 48.5 Å². The summed E-state index contributed by atoms with van der Waals surface area (Å²) in [5.74, 6) is 0.734. The SMILES string of the molecule is CNC(=O)Nc1ccccc1-c1nc2ccccc2[nH]1. The highest BCUT2D eigenvalue weighted by atomic mass is 16.2. The standard InChI is InChI=1S/C15H14N4O/c1-16-15(20)19-11-7-3-2-6-10(11)14-17-12-8-4-5-9-13(12)18-14/h2-9H,1H3,(H,17,18)(H2,16,19,20). The fraction of sp³-hybridized carbons (Fsp3) is 0.0667. The van der Waals surface area contributed by atoms with Gasteiger partial charge in [-0.15, -0.1) is 0 Å². The third kappa shape index (κ3) is 2.21. The van der Waals surface area contributed by atoms with Crippen LogP contribution in [0.15, 0.2) is 48.5 Å². The molecule has 0 radical (unpaired) electrons. The summed E-state index contributed by atoms with van der Waals surface area (Å²) in [6.07, 6.45) is 0. The Balaban J connectivity index is 2.07. The molecule has 0 fully saturated rings. The minimum atomic E-state index is -0.256. The van der Waals surface area contributed by atoms with E-state index in [9.17, 15) is 4.79 Å². The second kappa shape index (κ2) is 5.05. The zero-order valence-corrected chi connectivity index (χ0v) is 11.0. The first-order valence-electron chi connectivity index (χ1n) is 6.31. The topological polar surface area (TPSA) is 69.8 Å². The molecule has 0 bridgehead atoms. The third-order valence-corrected chi connectivity index (χ3v) is 3.05. The number of benzene rings is 2. The van der Waals surface area contributed by atoms with Crippen LogP contribution in [-0.4, -0.2) is 23.0 Å². The molecule has 3 rings (SSSR count). The first-order valence-corrected chi connectivity index (χ1v) is 6.31. The van der Waals surface area contributed by atoms with Crippen molar-refractivity contribution in [1.29, 1.82) is 0 Å². The van der Waals surface area contributed by atoms with Crippen LogP contribution < -0.4 is 10.6 Å². The number of rotatable bonds is 2. The fourth-order valence-corrected chi connectivity index (χ4v) is 2.06. The number of hydrogen-bond acceptors (Lipinski definition) is 2. The van der Waals surface area contributed by atoms with Crippen molar-refractivity contribution in [3.63, 3.8) is 0 Å². The van der Waals surface area contributed by atoms with E-state index in [2.05, 4.69) is 20.6 Å². The number of nitrogens with zero attached hydrogens (tertiary/aromatic N) is 1. The molecule has 20 heavy (non-hydrogen) atoms. The maximum atomic E-state index is 11.5. The van der Waals surface area contributed by atoms with Crippen LogP contribution in [0.4, 0.5) is 10.5 Å². The Bertz CT molecular complexity index is 730. The van der Waals surface area contributed by atoms with Crippen LogP contribution in [-0.2, 0) is 0 Å².